The van der Waals surface area contributed by atoms with E-state index in [1.165, 1.54) is 0 Å². The van der Waals surface area contributed by atoms with Crippen molar-refractivity contribution in [1.29, 1.82) is 0 Å². The Bertz CT molecular complexity index is 772. The number of nitrogens with one attached hydrogen (secondary N) is 1. The maximum Gasteiger partial charge on any atom is 0.317 e. The number of esters is 1. The summed E-state index contributed by atoms with van der Waals surface area (Å²) in [4.78, 5) is 24.5. The van der Waals surface area contributed by atoms with Gasteiger partial charge in [-0.25, -0.2) is 0 Å². The van der Waals surface area contributed by atoms with Gasteiger partial charge in [0.05, 0.1) is 11.5 Å². The van der Waals surface area contributed by atoms with E-state index in [-0.39, 0.29) is 24.5 Å². The number of rotatable bonds is 6. The Morgan fingerprint density at radius 1 is 1.12 bits per heavy atom. The van der Waals surface area contributed by atoms with Gasteiger partial charge in [0.2, 0.25) is 0 Å². The Labute approximate surface area is 152 Å². The first-order valence-electron chi connectivity index (χ1n) is 8.29. The van der Waals surface area contributed by atoms with Crippen LogP contribution in [0.5, 0.6) is 0 Å². The number of amides is 1. The van der Waals surface area contributed by atoms with Crippen molar-refractivity contribution in [3.8, 4) is 0 Å². The van der Waals surface area contributed by atoms with Crippen LogP contribution in [0.15, 0.2) is 54.6 Å². The number of ether oxygens (including phenoxy) is 1. The molecule has 0 aromatic heterocycles. The van der Waals surface area contributed by atoms with E-state index in [2.05, 4.69) is 5.32 Å². The number of carbonyl (C=O) groups excluding carboxylic acids is 2. The summed E-state index contributed by atoms with van der Waals surface area (Å²) in [6.45, 7) is 1.55. The molecule has 0 aliphatic heterocycles. The van der Waals surface area contributed by atoms with Crippen molar-refractivity contribution in [2.45, 2.75) is 31.2 Å². The highest BCUT2D eigenvalue weighted by atomic mass is 35.5. The topological polar surface area (TPSA) is 55.4 Å². The second kappa shape index (κ2) is 7.28. The molecule has 130 valence electrons. The third-order valence-corrected chi connectivity index (χ3v) is 4.89. The summed E-state index contributed by atoms with van der Waals surface area (Å²) >= 11 is 6.13. The van der Waals surface area contributed by atoms with Crippen molar-refractivity contribution < 1.29 is 14.3 Å². The molecule has 1 aliphatic carbocycles. The highest BCUT2D eigenvalue weighted by Crippen LogP contribution is 2.49. The van der Waals surface area contributed by atoms with Gasteiger partial charge in [-0.3, -0.25) is 9.59 Å². The van der Waals surface area contributed by atoms with Gasteiger partial charge in [-0.1, -0.05) is 60.1 Å². The van der Waals surface area contributed by atoms with Gasteiger partial charge in [0, 0.05) is 5.02 Å². The summed E-state index contributed by atoms with van der Waals surface area (Å²) in [7, 11) is 0. The highest BCUT2D eigenvalue weighted by molar-refractivity contribution is 6.31. The lowest BCUT2D eigenvalue weighted by Crippen LogP contribution is -2.33. The first-order chi connectivity index (χ1) is 12.0. The molecule has 0 saturated heterocycles. The van der Waals surface area contributed by atoms with E-state index >= 15 is 0 Å². The zero-order chi connectivity index (χ0) is 17.9. The lowest BCUT2D eigenvalue weighted by atomic mass is 9.96. The third kappa shape index (κ3) is 3.85. The number of halogens is 1. The molecule has 0 bridgehead atoms. The van der Waals surface area contributed by atoms with Crippen molar-refractivity contribution >= 4 is 23.5 Å². The Kier molecular flexibility index (Phi) is 5.09. The van der Waals surface area contributed by atoms with Crippen LogP contribution in [0.4, 0.5) is 0 Å². The van der Waals surface area contributed by atoms with E-state index in [0.29, 0.717) is 5.02 Å². The van der Waals surface area contributed by atoms with E-state index in [4.69, 9.17) is 16.3 Å². The van der Waals surface area contributed by atoms with E-state index in [1.54, 1.807) is 6.07 Å². The molecule has 1 atom stereocenters. The molecular weight excluding hydrogens is 338 g/mol. The summed E-state index contributed by atoms with van der Waals surface area (Å²) in [6.07, 6.45) is 1.51. The Morgan fingerprint density at radius 3 is 2.40 bits per heavy atom. The second-order valence-electron chi connectivity index (χ2n) is 6.33. The normalized spacial score (nSPS) is 15.9. The van der Waals surface area contributed by atoms with Gasteiger partial charge in [-0.05, 0) is 37.0 Å². The largest absolute Gasteiger partial charge is 0.455 e. The van der Waals surface area contributed by atoms with Crippen LogP contribution in [0.2, 0.25) is 5.02 Å². The number of hydrogen-bond acceptors (Lipinski definition) is 3. The van der Waals surface area contributed by atoms with E-state index < -0.39 is 5.41 Å². The van der Waals surface area contributed by atoms with Gasteiger partial charge in [0.15, 0.2) is 6.61 Å². The average molecular weight is 358 g/mol. The molecule has 3 rings (SSSR count). The monoisotopic (exact) mass is 357 g/mol. The molecule has 1 N–H and O–H groups in total. The fourth-order valence-corrected chi connectivity index (χ4v) is 3.25. The van der Waals surface area contributed by atoms with Crippen molar-refractivity contribution in [1.82, 2.24) is 5.32 Å². The van der Waals surface area contributed by atoms with Crippen LogP contribution in [-0.2, 0) is 19.7 Å². The van der Waals surface area contributed by atoms with Gasteiger partial charge in [0.25, 0.3) is 5.91 Å². The Hall–Kier alpha value is -2.33. The standard InChI is InChI=1S/C20H20ClNO3/c1-14(16-9-5-6-10-17(16)21)22-18(23)13-25-19(24)20(11-12-20)15-7-3-2-4-8-15/h2-10,14H,11-13H2,1H3,(H,22,23)/t14-/m0/s1. The maximum atomic E-state index is 12.4. The van der Waals surface area contributed by atoms with Gasteiger partial charge < -0.3 is 10.1 Å². The molecule has 2 aromatic rings. The minimum absolute atomic E-state index is 0.260. The lowest BCUT2D eigenvalue weighted by molar-refractivity contribution is -0.151. The third-order valence-electron chi connectivity index (χ3n) is 4.55. The number of benzene rings is 2. The van der Waals surface area contributed by atoms with Crippen molar-refractivity contribution in [2.24, 2.45) is 0 Å². The van der Waals surface area contributed by atoms with Crippen LogP contribution in [-0.4, -0.2) is 18.5 Å². The zero-order valence-electron chi connectivity index (χ0n) is 14.0. The molecule has 1 saturated carbocycles. The number of hydrogen-bond donors (Lipinski definition) is 1. The summed E-state index contributed by atoms with van der Waals surface area (Å²) in [6, 6.07) is 16.6. The molecule has 4 nitrogen and oxygen atoms in total. The summed E-state index contributed by atoms with van der Waals surface area (Å²) in [5, 5.41) is 3.39. The fourth-order valence-electron chi connectivity index (χ4n) is 2.95. The van der Waals surface area contributed by atoms with E-state index in [1.807, 2.05) is 55.5 Å². The molecule has 0 radical (unpaired) electrons. The molecule has 2 aromatic carbocycles. The van der Waals surface area contributed by atoms with Crippen LogP contribution >= 0.6 is 11.6 Å². The quantitative estimate of drug-likeness (QED) is 0.800. The minimum atomic E-state index is -0.574. The fraction of sp³-hybridized carbons (Fsp3) is 0.300. The molecule has 25 heavy (non-hydrogen) atoms. The molecule has 0 heterocycles. The van der Waals surface area contributed by atoms with Crippen LogP contribution < -0.4 is 5.32 Å². The minimum Gasteiger partial charge on any atom is -0.455 e. The maximum absolute atomic E-state index is 12.4. The summed E-state index contributed by atoms with van der Waals surface area (Å²) in [5.74, 6) is -0.677. The predicted molar refractivity (Wildman–Crippen MR) is 96.3 cm³/mol. The van der Waals surface area contributed by atoms with Gasteiger partial charge in [0.1, 0.15) is 0 Å². The van der Waals surface area contributed by atoms with Gasteiger partial charge in [-0.15, -0.1) is 0 Å². The molecule has 0 unspecified atom stereocenters. The van der Waals surface area contributed by atoms with Crippen LogP contribution in [0.25, 0.3) is 0 Å². The smallest absolute Gasteiger partial charge is 0.317 e. The predicted octanol–water partition coefficient (Wildman–Crippen LogP) is 3.79. The Morgan fingerprint density at radius 2 is 1.76 bits per heavy atom. The molecule has 1 fully saturated rings. The van der Waals surface area contributed by atoms with Crippen molar-refractivity contribution in [3.63, 3.8) is 0 Å². The highest BCUT2D eigenvalue weighted by Gasteiger charge is 2.52. The average Bonchev–Trinajstić information content (AvgIpc) is 3.43. The second-order valence-corrected chi connectivity index (χ2v) is 6.74. The zero-order valence-corrected chi connectivity index (χ0v) is 14.8. The molecule has 1 aliphatic rings. The molecular formula is C20H20ClNO3. The van der Waals surface area contributed by atoms with Gasteiger partial charge >= 0.3 is 5.97 Å². The number of carbonyl (C=O) groups is 2. The molecule has 0 spiro atoms. The van der Waals surface area contributed by atoms with E-state index in [0.717, 1.165) is 24.0 Å². The van der Waals surface area contributed by atoms with Crippen molar-refractivity contribution in [3.05, 3.63) is 70.7 Å². The van der Waals surface area contributed by atoms with Crippen LogP contribution in [0, 0.1) is 0 Å². The lowest BCUT2D eigenvalue weighted by Gasteiger charge is -2.17. The SMILES string of the molecule is C[C@H](NC(=O)COC(=O)C1(c2ccccc2)CC1)c1ccccc1Cl. The first-order valence-corrected chi connectivity index (χ1v) is 8.67. The molecule has 1 amide bonds. The van der Waals surface area contributed by atoms with Crippen molar-refractivity contribution in [2.75, 3.05) is 6.61 Å². The Balaban J connectivity index is 1.54. The molecule has 5 heteroatoms. The summed E-state index contributed by atoms with van der Waals surface area (Å²) in [5.41, 5.74) is 1.20. The first kappa shape index (κ1) is 17.5. The van der Waals surface area contributed by atoms with Crippen LogP contribution in [0.3, 0.4) is 0 Å². The van der Waals surface area contributed by atoms with E-state index in [9.17, 15) is 9.59 Å². The summed E-state index contributed by atoms with van der Waals surface area (Å²) < 4.78 is 5.27. The van der Waals surface area contributed by atoms with Crippen LogP contribution in [0.1, 0.15) is 36.9 Å². The van der Waals surface area contributed by atoms with Gasteiger partial charge in [-0.2, -0.15) is 0 Å².